The fraction of sp³-hybridized carbons (Fsp3) is 0.538. The minimum atomic E-state index is 0.154. The first kappa shape index (κ1) is 10.6. The Morgan fingerprint density at radius 2 is 2.00 bits per heavy atom. The van der Waals surface area contributed by atoms with Crippen LogP contribution in [0.25, 0.3) is 0 Å². The molecule has 0 amide bonds. The van der Waals surface area contributed by atoms with Gasteiger partial charge in [-0.3, -0.25) is 4.84 Å². The predicted octanol–water partition coefficient (Wildman–Crippen LogP) is 3.92. The van der Waals surface area contributed by atoms with E-state index >= 15 is 0 Å². The monoisotopic (exact) mass is 237 g/mol. The van der Waals surface area contributed by atoms with Gasteiger partial charge in [0.1, 0.15) is 0 Å². The number of nitrogens with zero attached hydrogens (tertiary/aromatic N) is 1. The molecule has 1 aromatic rings. The molecule has 1 saturated carbocycles. The standard InChI is InChI=1S/C13H16ClNO/c14-11-6-4-5-10(9-11)13-15(16-13)12-7-2-1-3-8-12/h4-6,9,12-13H,1-3,7-8H2/t13-,15?/m0/s1. The Balaban J connectivity index is 1.66. The summed E-state index contributed by atoms with van der Waals surface area (Å²) >= 11 is 5.98. The maximum Gasteiger partial charge on any atom is 0.180 e. The lowest BCUT2D eigenvalue weighted by Crippen LogP contribution is -2.21. The zero-order chi connectivity index (χ0) is 11.0. The van der Waals surface area contributed by atoms with E-state index in [4.69, 9.17) is 16.4 Å². The zero-order valence-corrected chi connectivity index (χ0v) is 9.99. The lowest BCUT2D eigenvalue weighted by Gasteiger charge is -2.20. The quantitative estimate of drug-likeness (QED) is 0.725. The van der Waals surface area contributed by atoms with E-state index in [9.17, 15) is 0 Å². The van der Waals surface area contributed by atoms with Crippen LogP contribution in [0, 0.1) is 0 Å². The number of hydroxylamine groups is 2. The first-order valence-corrected chi connectivity index (χ1v) is 6.43. The summed E-state index contributed by atoms with van der Waals surface area (Å²) in [5.41, 5.74) is 1.18. The van der Waals surface area contributed by atoms with E-state index < -0.39 is 0 Å². The number of halogens is 1. The van der Waals surface area contributed by atoms with Crippen LogP contribution in [0.2, 0.25) is 5.02 Å². The van der Waals surface area contributed by atoms with E-state index in [1.807, 2.05) is 18.2 Å². The van der Waals surface area contributed by atoms with Crippen molar-refractivity contribution in [2.45, 2.75) is 44.4 Å². The van der Waals surface area contributed by atoms with Crippen LogP contribution in [-0.2, 0) is 4.84 Å². The Bertz CT molecular complexity index is 376. The van der Waals surface area contributed by atoms with Gasteiger partial charge in [-0.1, -0.05) is 43.0 Å². The van der Waals surface area contributed by atoms with E-state index in [1.54, 1.807) is 0 Å². The van der Waals surface area contributed by atoms with Crippen LogP contribution in [0.3, 0.4) is 0 Å². The van der Waals surface area contributed by atoms with Crippen molar-refractivity contribution in [1.29, 1.82) is 0 Å². The minimum Gasteiger partial charge on any atom is -0.270 e. The molecular weight excluding hydrogens is 222 g/mol. The van der Waals surface area contributed by atoms with Gasteiger partial charge in [0, 0.05) is 16.6 Å². The van der Waals surface area contributed by atoms with Crippen LogP contribution in [0.4, 0.5) is 0 Å². The molecule has 1 aliphatic heterocycles. The summed E-state index contributed by atoms with van der Waals surface area (Å²) in [4.78, 5) is 5.67. The molecule has 3 rings (SSSR count). The van der Waals surface area contributed by atoms with Gasteiger partial charge >= 0.3 is 0 Å². The third kappa shape index (κ3) is 2.10. The number of hydrogen-bond acceptors (Lipinski definition) is 2. The molecule has 2 aliphatic rings. The van der Waals surface area contributed by atoms with Crippen molar-refractivity contribution in [3.05, 3.63) is 34.9 Å². The predicted molar refractivity (Wildman–Crippen MR) is 64.0 cm³/mol. The van der Waals surface area contributed by atoms with Crippen LogP contribution < -0.4 is 0 Å². The molecule has 86 valence electrons. The smallest absolute Gasteiger partial charge is 0.180 e. The molecule has 1 aliphatic carbocycles. The molecule has 1 aromatic carbocycles. The van der Waals surface area contributed by atoms with E-state index in [0.717, 1.165) is 5.02 Å². The molecule has 1 saturated heterocycles. The van der Waals surface area contributed by atoms with E-state index in [0.29, 0.717) is 6.04 Å². The van der Waals surface area contributed by atoms with E-state index in [1.165, 1.54) is 37.7 Å². The zero-order valence-electron chi connectivity index (χ0n) is 9.23. The number of benzene rings is 1. The average molecular weight is 238 g/mol. The molecule has 0 aromatic heterocycles. The van der Waals surface area contributed by atoms with Crippen LogP contribution in [-0.4, -0.2) is 11.1 Å². The summed E-state index contributed by atoms with van der Waals surface area (Å²) in [5.74, 6) is 0. The van der Waals surface area contributed by atoms with Crippen molar-refractivity contribution in [2.24, 2.45) is 0 Å². The first-order valence-electron chi connectivity index (χ1n) is 6.05. The Kier molecular flexibility index (Phi) is 2.88. The van der Waals surface area contributed by atoms with Gasteiger partial charge in [0.25, 0.3) is 0 Å². The molecule has 1 heterocycles. The van der Waals surface area contributed by atoms with Gasteiger partial charge in [0.2, 0.25) is 0 Å². The summed E-state index contributed by atoms with van der Waals surface area (Å²) in [7, 11) is 0. The second kappa shape index (κ2) is 4.36. The van der Waals surface area contributed by atoms with Crippen molar-refractivity contribution in [3.63, 3.8) is 0 Å². The normalized spacial score (nSPS) is 30.3. The second-order valence-corrected chi connectivity index (χ2v) is 5.10. The highest BCUT2D eigenvalue weighted by molar-refractivity contribution is 6.30. The van der Waals surface area contributed by atoms with Gasteiger partial charge in [-0.15, -0.1) is 5.06 Å². The summed E-state index contributed by atoms with van der Waals surface area (Å²) in [5, 5.41) is 2.93. The number of rotatable bonds is 2. The molecule has 0 spiro atoms. The van der Waals surface area contributed by atoms with E-state index in [-0.39, 0.29) is 6.23 Å². The Labute approximate surface area is 101 Å². The highest BCUT2D eigenvalue weighted by Gasteiger charge is 2.43. The van der Waals surface area contributed by atoms with Crippen LogP contribution in [0.5, 0.6) is 0 Å². The van der Waals surface area contributed by atoms with Crippen LogP contribution in [0.15, 0.2) is 24.3 Å². The maximum atomic E-state index is 5.98. The summed E-state index contributed by atoms with van der Waals surface area (Å²) in [6.45, 7) is 0. The lowest BCUT2D eigenvalue weighted by atomic mass is 9.95. The molecule has 1 unspecified atom stereocenters. The van der Waals surface area contributed by atoms with Gasteiger partial charge in [0.15, 0.2) is 6.23 Å². The highest BCUT2D eigenvalue weighted by Crippen LogP contribution is 2.43. The van der Waals surface area contributed by atoms with Crippen LogP contribution >= 0.6 is 11.6 Å². The van der Waals surface area contributed by atoms with Crippen molar-refractivity contribution in [1.82, 2.24) is 5.06 Å². The van der Waals surface area contributed by atoms with Crippen molar-refractivity contribution in [3.8, 4) is 0 Å². The van der Waals surface area contributed by atoms with Crippen LogP contribution in [0.1, 0.15) is 43.9 Å². The molecule has 2 atom stereocenters. The first-order chi connectivity index (χ1) is 7.84. The van der Waals surface area contributed by atoms with Crippen molar-refractivity contribution < 1.29 is 4.84 Å². The average Bonchev–Trinajstić information content (AvgIpc) is 3.10. The van der Waals surface area contributed by atoms with Gasteiger partial charge in [-0.2, -0.15) is 0 Å². The second-order valence-electron chi connectivity index (χ2n) is 4.66. The third-order valence-electron chi connectivity index (χ3n) is 3.48. The Morgan fingerprint density at radius 1 is 1.19 bits per heavy atom. The number of hydrogen-bond donors (Lipinski definition) is 0. The van der Waals surface area contributed by atoms with Crippen molar-refractivity contribution >= 4 is 11.6 Å². The SMILES string of the molecule is Clc1cccc([C@@H]2ON2C2CCCCC2)c1. The summed E-state index contributed by atoms with van der Waals surface area (Å²) in [6.07, 6.45) is 6.77. The highest BCUT2D eigenvalue weighted by atomic mass is 35.5. The third-order valence-corrected chi connectivity index (χ3v) is 3.71. The molecular formula is C13H16ClNO. The molecule has 3 heteroatoms. The van der Waals surface area contributed by atoms with Gasteiger partial charge in [-0.05, 0) is 25.0 Å². The fourth-order valence-electron chi connectivity index (χ4n) is 2.57. The molecule has 16 heavy (non-hydrogen) atoms. The Morgan fingerprint density at radius 3 is 2.75 bits per heavy atom. The maximum absolute atomic E-state index is 5.98. The molecule has 0 N–H and O–H groups in total. The Hall–Kier alpha value is -0.570. The minimum absolute atomic E-state index is 0.154. The summed E-state index contributed by atoms with van der Waals surface area (Å²) < 4.78 is 0. The largest absolute Gasteiger partial charge is 0.270 e. The van der Waals surface area contributed by atoms with Gasteiger partial charge < -0.3 is 0 Å². The molecule has 2 nitrogen and oxygen atoms in total. The molecule has 2 fully saturated rings. The topological polar surface area (TPSA) is 15.5 Å². The van der Waals surface area contributed by atoms with Gasteiger partial charge in [-0.25, -0.2) is 0 Å². The summed E-state index contributed by atoms with van der Waals surface area (Å²) in [6, 6.07) is 8.59. The molecule has 0 radical (unpaired) electrons. The van der Waals surface area contributed by atoms with E-state index in [2.05, 4.69) is 11.1 Å². The fourth-order valence-corrected chi connectivity index (χ4v) is 2.77. The van der Waals surface area contributed by atoms with Crippen molar-refractivity contribution in [2.75, 3.05) is 0 Å². The molecule has 0 bridgehead atoms. The lowest BCUT2D eigenvalue weighted by molar-refractivity contribution is 0.119. The van der Waals surface area contributed by atoms with Gasteiger partial charge in [0.05, 0.1) is 0 Å².